The first kappa shape index (κ1) is 14.1. The maximum absolute atomic E-state index is 5.74. The molecule has 2 aromatic heterocycles. The summed E-state index contributed by atoms with van der Waals surface area (Å²) in [6, 6.07) is 4.86. The Labute approximate surface area is 130 Å². The van der Waals surface area contributed by atoms with Crippen molar-refractivity contribution < 1.29 is 4.74 Å². The Balaban J connectivity index is 1.50. The predicted molar refractivity (Wildman–Crippen MR) is 84.7 cm³/mol. The molecule has 22 heavy (non-hydrogen) atoms. The molecule has 2 aromatic rings. The number of ether oxygens (including phenoxy) is 1. The topological polar surface area (TPSA) is 55.2 Å². The quantitative estimate of drug-likeness (QED) is 0.923. The molecule has 4 heterocycles. The van der Waals surface area contributed by atoms with Gasteiger partial charge in [-0.25, -0.2) is 9.97 Å². The molecule has 6 heteroatoms. The first-order valence-corrected chi connectivity index (χ1v) is 8.13. The molecular formula is C16H23N5O. The standard InChI is InChI=1S/C16H23N5O/c1-20-7-4-12(5-8-20)18-9-13-10-22-11-15-19-14-3-2-6-17-16(14)21(13)15/h2-3,6,12-13,18H,4-5,7-11H2,1H3. The lowest BCUT2D eigenvalue weighted by atomic mass is 10.1. The van der Waals surface area contributed by atoms with Gasteiger partial charge in [-0.15, -0.1) is 0 Å². The molecule has 6 nitrogen and oxygen atoms in total. The molecule has 0 aliphatic carbocycles. The molecule has 0 aromatic carbocycles. The van der Waals surface area contributed by atoms with E-state index in [0.29, 0.717) is 12.6 Å². The predicted octanol–water partition coefficient (Wildman–Crippen LogP) is 1.19. The van der Waals surface area contributed by atoms with Gasteiger partial charge in [0.25, 0.3) is 0 Å². The van der Waals surface area contributed by atoms with E-state index in [1.807, 2.05) is 18.3 Å². The van der Waals surface area contributed by atoms with E-state index in [0.717, 1.165) is 30.1 Å². The molecule has 1 fully saturated rings. The maximum Gasteiger partial charge on any atom is 0.160 e. The lowest BCUT2D eigenvalue weighted by Gasteiger charge is -2.32. The van der Waals surface area contributed by atoms with Gasteiger partial charge in [-0.05, 0) is 45.1 Å². The molecule has 0 bridgehead atoms. The van der Waals surface area contributed by atoms with Crippen LogP contribution in [0.15, 0.2) is 18.3 Å². The monoisotopic (exact) mass is 301 g/mol. The molecule has 1 unspecified atom stereocenters. The van der Waals surface area contributed by atoms with E-state index in [-0.39, 0.29) is 6.04 Å². The Bertz CT molecular complexity index is 647. The summed E-state index contributed by atoms with van der Waals surface area (Å²) < 4.78 is 8.00. The Morgan fingerprint density at radius 2 is 2.23 bits per heavy atom. The van der Waals surface area contributed by atoms with Crippen LogP contribution in [0.3, 0.4) is 0 Å². The highest BCUT2D eigenvalue weighted by Crippen LogP contribution is 2.24. The van der Waals surface area contributed by atoms with Gasteiger partial charge in [0.15, 0.2) is 5.65 Å². The molecule has 4 rings (SSSR count). The number of aromatic nitrogens is 3. The maximum atomic E-state index is 5.74. The summed E-state index contributed by atoms with van der Waals surface area (Å²) in [6.45, 7) is 4.60. The third-order valence-corrected chi connectivity index (χ3v) is 4.79. The van der Waals surface area contributed by atoms with Crippen LogP contribution in [0.1, 0.15) is 24.7 Å². The zero-order valence-electron chi connectivity index (χ0n) is 13.0. The summed E-state index contributed by atoms with van der Waals surface area (Å²) in [4.78, 5) is 11.6. The molecule has 0 saturated carbocycles. The highest BCUT2D eigenvalue weighted by molar-refractivity contribution is 5.71. The minimum absolute atomic E-state index is 0.281. The van der Waals surface area contributed by atoms with Crippen molar-refractivity contribution in [3.8, 4) is 0 Å². The van der Waals surface area contributed by atoms with E-state index in [1.165, 1.54) is 25.9 Å². The highest BCUT2D eigenvalue weighted by Gasteiger charge is 2.25. The van der Waals surface area contributed by atoms with Gasteiger partial charge < -0.3 is 19.5 Å². The van der Waals surface area contributed by atoms with Crippen molar-refractivity contribution in [2.24, 2.45) is 0 Å². The number of nitrogens with one attached hydrogen (secondary N) is 1. The molecule has 0 spiro atoms. The molecule has 1 N–H and O–H groups in total. The van der Waals surface area contributed by atoms with Crippen LogP contribution < -0.4 is 5.32 Å². The second-order valence-electron chi connectivity index (χ2n) is 6.40. The van der Waals surface area contributed by atoms with E-state index < -0.39 is 0 Å². The van der Waals surface area contributed by atoms with Gasteiger partial charge in [0.05, 0.1) is 12.6 Å². The third kappa shape index (κ3) is 2.62. The van der Waals surface area contributed by atoms with Gasteiger partial charge in [-0.2, -0.15) is 0 Å². The van der Waals surface area contributed by atoms with Gasteiger partial charge in [0.1, 0.15) is 17.9 Å². The molecule has 1 atom stereocenters. The van der Waals surface area contributed by atoms with Crippen LogP contribution >= 0.6 is 0 Å². The molecule has 0 amide bonds. The summed E-state index contributed by atoms with van der Waals surface area (Å²) in [5, 5.41) is 3.72. The van der Waals surface area contributed by atoms with E-state index in [4.69, 9.17) is 4.74 Å². The number of nitrogens with zero attached hydrogens (tertiary/aromatic N) is 4. The molecule has 2 aliphatic heterocycles. The summed E-state index contributed by atoms with van der Waals surface area (Å²) in [5.41, 5.74) is 1.95. The van der Waals surface area contributed by atoms with Crippen molar-refractivity contribution in [1.29, 1.82) is 0 Å². The van der Waals surface area contributed by atoms with Crippen LogP contribution in [0.4, 0.5) is 0 Å². The second kappa shape index (κ2) is 5.95. The van der Waals surface area contributed by atoms with E-state index in [2.05, 4.69) is 31.8 Å². The third-order valence-electron chi connectivity index (χ3n) is 4.79. The lowest BCUT2D eigenvalue weighted by molar-refractivity contribution is 0.0544. The van der Waals surface area contributed by atoms with Crippen LogP contribution in [0.5, 0.6) is 0 Å². The smallest absolute Gasteiger partial charge is 0.160 e. The van der Waals surface area contributed by atoms with Gasteiger partial charge in [0, 0.05) is 18.8 Å². The van der Waals surface area contributed by atoms with Crippen molar-refractivity contribution in [2.45, 2.75) is 31.5 Å². The fourth-order valence-electron chi connectivity index (χ4n) is 3.49. The van der Waals surface area contributed by atoms with Crippen LogP contribution in [0.2, 0.25) is 0 Å². The van der Waals surface area contributed by atoms with Crippen molar-refractivity contribution >= 4 is 11.2 Å². The number of piperidine rings is 1. The van der Waals surface area contributed by atoms with Crippen LogP contribution in [0, 0.1) is 0 Å². The number of imidazole rings is 1. The minimum Gasteiger partial charge on any atom is -0.371 e. The average molecular weight is 301 g/mol. The number of likely N-dealkylation sites (tertiary alicyclic amines) is 1. The van der Waals surface area contributed by atoms with Crippen molar-refractivity contribution in [2.75, 3.05) is 33.3 Å². The number of hydrogen-bond acceptors (Lipinski definition) is 5. The Morgan fingerprint density at radius 1 is 1.36 bits per heavy atom. The summed E-state index contributed by atoms with van der Waals surface area (Å²) >= 11 is 0. The summed E-state index contributed by atoms with van der Waals surface area (Å²) in [6.07, 6.45) is 4.29. The molecule has 2 aliphatic rings. The molecule has 0 radical (unpaired) electrons. The van der Waals surface area contributed by atoms with Gasteiger partial charge in [-0.3, -0.25) is 0 Å². The van der Waals surface area contributed by atoms with Crippen LogP contribution in [-0.2, 0) is 11.3 Å². The second-order valence-corrected chi connectivity index (χ2v) is 6.40. The van der Waals surface area contributed by atoms with Crippen molar-refractivity contribution in [1.82, 2.24) is 24.8 Å². The van der Waals surface area contributed by atoms with Gasteiger partial charge in [0.2, 0.25) is 0 Å². The fraction of sp³-hybridized carbons (Fsp3) is 0.625. The molecular weight excluding hydrogens is 278 g/mol. The van der Waals surface area contributed by atoms with Crippen LogP contribution in [0.25, 0.3) is 11.2 Å². The van der Waals surface area contributed by atoms with Crippen molar-refractivity contribution in [3.05, 3.63) is 24.2 Å². The van der Waals surface area contributed by atoms with E-state index in [9.17, 15) is 0 Å². The summed E-state index contributed by atoms with van der Waals surface area (Å²) in [5.74, 6) is 0.995. The number of fused-ring (bicyclic) bond motifs is 3. The van der Waals surface area contributed by atoms with E-state index in [1.54, 1.807) is 0 Å². The fourth-order valence-corrected chi connectivity index (χ4v) is 3.49. The Kier molecular flexibility index (Phi) is 3.82. The normalized spacial score (nSPS) is 23.8. The number of hydrogen-bond donors (Lipinski definition) is 1. The first-order chi connectivity index (χ1) is 10.8. The Morgan fingerprint density at radius 3 is 3.09 bits per heavy atom. The first-order valence-electron chi connectivity index (χ1n) is 8.13. The summed E-state index contributed by atoms with van der Waals surface area (Å²) in [7, 11) is 2.20. The minimum atomic E-state index is 0.281. The number of pyridine rings is 1. The van der Waals surface area contributed by atoms with Crippen LogP contribution in [-0.4, -0.2) is 58.8 Å². The van der Waals surface area contributed by atoms with Gasteiger partial charge in [-0.1, -0.05) is 0 Å². The van der Waals surface area contributed by atoms with Crippen molar-refractivity contribution in [3.63, 3.8) is 0 Å². The number of rotatable bonds is 3. The zero-order valence-corrected chi connectivity index (χ0v) is 13.0. The molecule has 1 saturated heterocycles. The molecule has 118 valence electrons. The van der Waals surface area contributed by atoms with E-state index >= 15 is 0 Å². The Hall–Kier alpha value is -1.50. The largest absolute Gasteiger partial charge is 0.371 e. The SMILES string of the molecule is CN1CCC(NCC2COCc3nc4cccnc4n32)CC1. The lowest BCUT2D eigenvalue weighted by Crippen LogP contribution is -2.44. The highest BCUT2D eigenvalue weighted by atomic mass is 16.5. The average Bonchev–Trinajstić information content (AvgIpc) is 2.93. The zero-order chi connectivity index (χ0) is 14.9. The van der Waals surface area contributed by atoms with Gasteiger partial charge >= 0.3 is 0 Å².